The maximum absolute atomic E-state index is 12.5. The van der Waals surface area contributed by atoms with E-state index in [0.29, 0.717) is 28.8 Å². The molecule has 0 radical (unpaired) electrons. The van der Waals surface area contributed by atoms with E-state index in [9.17, 15) is 9.59 Å². The van der Waals surface area contributed by atoms with E-state index < -0.39 is 0 Å². The molecule has 0 aliphatic rings. The van der Waals surface area contributed by atoms with Crippen LogP contribution in [0.1, 0.15) is 26.3 Å². The zero-order chi connectivity index (χ0) is 20.6. The standard InChI is InChI=1S/C23H22N4O2/c1-27(2)20-13-11-17(12-14-20)15-24-26-21-10-6-9-19(16-28)22(21)25-23(29)18-7-4-3-5-8-18/h3-16,26H,1-2H3,(H,25,29)/b24-15+. The van der Waals surface area contributed by atoms with Gasteiger partial charge in [-0.3, -0.25) is 15.0 Å². The highest BCUT2D eigenvalue weighted by Crippen LogP contribution is 2.26. The first-order valence-corrected chi connectivity index (χ1v) is 9.09. The Hall–Kier alpha value is -3.93. The molecule has 3 aromatic rings. The Balaban J connectivity index is 1.78. The topological polar surface area (TPSA) is 73.8 Å². The molecule has 29 heavy (non-hydrogen) atoms. The van der Waals surface area contributed by atoms with Crippen molar-refractivity contribution in [2.45, 2.75) is 0 Å². The Morgan fingerprint density at radius 1 is 0.931 bits per heavy atom. The molecule has 0 fully saturated rings. The van der Waals surface area contributed by atoms with Gasteiger partial charge in [-0.1, -0.05) is 36.4 Å². The predicted octanol–water partition coefficient (Wildman–Crippen LogP) is 4.26. The lowest BCUT2D eigenvalue weighted by Gasteiger charge is -2.13. The van der Waals surface area contributed by atoms with E-state index >= 15 is 0 Å². The van der Waals surface area contributed by atoms with Crippen molar-refractivity contribution in [3.8, 4) is 0 Å². The number of anilines is 3. The molecule has 0 aliphatic carbocycles. The van der Waals surface area contributed by atoms with Gasteiger partial charge in [0.1, 0.15) is 0 Å². The molecular weight excluding hydrogens is 364 g/mol. The SMILES string of the molecule is CN(C)c1ccc(/C=N/Nc2cccc(C=O)c2NC(=O)c2ccccc2)cc1. The van der Waals surface area contributed by atoms with Crippen LogP contribution in [0.5, 0.6) is 0 Å². The van der Waals surface area contributed by atoms with Gasteiger partial charge in [0, 0.05) is 30.9 Å². The average molecular weight is 386 g/mol. The van der Waals surface area contributed by atoms with Gasteiger partial charge in [-0.15, -0.1) is 0 Å². The van der Waals surface area contributed by atoms with Crippen LogP contribution in [0.25, 0.3) is 0 Å². The number of para-hydroxylation sites is 1. The minimum atomic E-state index is -0.300. The van der Waals surface area contributed by atoms with Crippen molar-refractivity contribution in [1.82, 2.24) is 0 Å². The minimum absolute atomic E-state index is 0.300. The second-order valence-electron chi connectivity index (χ2n) is 6.56. The van der Waals surface area contributed by atoms with Crippen molar-refractivity contribution in [2.75, 3.05) is 29.7 Å². The monoisotopic (exact) mass is 386 g/mol. The van der Waals surface area contributed by atoms with Gasteiger partial charge < -0.3 is 10.2 Å². The van der Waals surface area contributed by atoms with Crippen LogP contribution in [0.4, 0.5) is 17.1 Å². The van der Waals surface area contributed by atoms with Crippen molar-refractivity contribution in [3.05, 3.63) is 89.5 Å². The van der Waals surface area contributed by atoms with E-state index in [1.807, 2.05) is 49.3 Å². The van der Waals surface area contributed by atoms with E-state index in [1.165, 1.54) is 0 Å². The van der Waals surface area contributed by atoms with Crippen LogP contribution in [0.15, 0.2) is 77.9 Å². The maximum atomic E-state index is 12.5. The Morgan fingerprint density at radius 2 is 1.66 bits per heavy atom. The molecule has 0 spiro atoms. The lowest BCUT2D eigenvalue weighted by molar-refractivity contribution is 0.102. The third kappa shape index (κ3) is 5.07. The van der Waals surface area contributed by atoms with Gasteiger partial charge in [-0.25, -0.2) is 0 Å². The smallest absolute Gasteiger partial charge is 0.255 e. The van der Waals surface area contributed by atoms with E-state index in [-0.39, 0.29) is 5.91 Å². The second kappa shape index (κ2) is 9.32. The van der Waals surface area contributed by atoms with Gasteiger partial charge in [0.05, 0.1) is 17.6 Å². The number of hydrazone groups is 1. The first-order valence-electron chi connectivity index (χ1n) is 9.09. The van der Waals surface area contributed by atoms with Crippen molar-refractivity contribution in [1.29, 1.82) is 0 Å². The molecule has 146 valence electrons. The molecule has 0 saturated heterocycles. The summed E-state index contributed by atoms with van der Waals surface area (Å²) < 4.78 is 0. The van der Waals surface area contributed by atoms with Gasteiger partial charge in [0.15, 0.2) is 6.29 Å². The Labute approximate surface area is 169 Å². The number of benzene rings is 3. The van der Waals surface area contributed by atoms with Gasteiger partial charge in [-0.05, 0) is 42.0 Å². The molecule has 6 nitrogen and oxygen atoms in total. The quantitative estimate of drug-likeness (QED) is 0.361. The third-order valence-electron chi connectivity index (χ3n) is 4.31. The molecular formula is C23H22N4O2. The highest BCUT2D eigenvalue weighted by Gasteiger charge is 2.12. The third-order valence-corrected chi connectivity index (χ3v) is 4.31. The van der Waals surface area contributed by atoms with Crippen molar-refractivity contribution in [2.24, 2.45) is 5.10 Å². The van der Waals surface area contributed by atoms with E-state index in [1.54, 1.807) is 48.7 Å². The summed E-state index contributed by atoms with van der Waals surface area (Å²) in [6.07, 6.45) is 2.38. The van der Waals surface area contributed by atoms with Gasteiger partial charge in [0.25, 0.3) is 5.91 Å². The van der Waals surface area contributed by atoms with Gasteiger partial charge in [0.2, 0.25) is 0 Å². The van der Waals surface area contributed by atoms with E-state index in [2.05, 4.69) is 15.8 Å². The Morgan fingerprint density at radius 3 is 2.31 bits per heavy atom. The number of amides is 1. The fourth-order valence-electron chi connectivity index (χ4n) is 2.71. The molecule has 3 aromatic carbocycles. The molecule has 0 heterocycles. The Kier molecular flexibility index (Phi) is 6.37. The molecule has 0 bridgehead atoms. The molecule has 0 aromatic heterocycles. The number of carbonyl (C=O) groups excluding carboxylic acids is 2. The summed E-state index contributed by atoms with van der Waals surface area (Å²) in [5.41, 5.74) is 6.72. The first-order chi connectivity index (χ1) is 14.1. The van der Waals surface area contributed by atoms with Crippen LogP contribution < -0.4 is 15.6 Å². The number of hydrogen-bond donors (Lipinski definition) is 2. The number of nitrogens with one attached hydrogen (secondary N) is 2. The first kappa shape index (κ1) is 19.8. The van der Waals surface area contributed by atoms with Crippen molar-refractivity contribution < 1.29 is 9.59 Å². The van der Waals surface area contributed by atoms with Crippen molar-refractivity contribution >= 4 is 35.5 Å². The van der Waals surface area contributed by atoms with Crippen LogP contribution in [0, 0.1) is 0 Å². The van der Waals surface area contributed by atoms with Crippen LogP contribution in [-0.2, 0) is 0 Å². The van der Waals surface area contributed by atoms with Gasteiger partial charge in [-0.2, -0.15) is 5.10 Å². The van der Waals surface area contributed by atoms with Crippen LogP contribution >= 0.6 is 0 Å². The van der Waals surface area contributed by atoms with Crippen molar-refractivity contribution in [3.63, 3.8) is 0 Å². The molecule has 1 amide bonds. The Bertz CT molecular complexity index is 1010. The summed E-state index contributed by atoms with van der Waals surface area (Å²) >= 11 is 0. The number of rotatable bonds is 7. The summed E-state index contributed by atoms with van der Waals surface area (Å²) in [5.74, 6) is -0.300. The van der Waals surface area contributed by atoms with Crippen LogP contribution in [0.3, 0.4) is 0 Å². The lowest BCUT2D eigenvalue weighted by Crippen LogP contribution is -2.14. The van der Waals surface area contributed by atoms with Crippen LogP contribution in [0.2, 0.25) is 0 Å². The van der Waals surface area contributed by atoms with Gasteiger partial charge >= 0.3 is 0 Å². The predicted molar refractivity (Wildman–Crippen MR) is 118 cm³/mol. The maximum Gasteiger partial charge on any atom is 0.255 e. The number of carbonyl (C=O) groups is 2. The molecule has 0 saturated carbocycles. The number of hydrogen-bond acceptors (Lipinski definition) is 5. The molecule has 0 atom stereocenters. The number of aldehydes is 1. The average Bonchev–Trinajstić information content (AvgIpc) is 2.75. The summed E-state index contributed by atoms with van der Waals surface area (Å²) in [6, 6.07) is 21.9. The summed E-state index contributed by atoms with van der Waals surface area (Å²) in [7, 11) is 3.96. The lowest BCUT2D eigenvalue weighted by atomic mass is 10.1. The largest absolute Gasteiger partial charge is 0.378 e. The van der Waals surface area contributed by atoms with E-state index in [4.69, 9.17) is 0 Å². The molecule has 0 unspecified atom stereocenters. The zero-order valence-electron chi connectivity index (χ0n) is 16.3. The zero-order valence-corrected chi connectivity index (χ0v) is 16.3. The highest BCUT2D eigenvalue weighted by atomic mass is 16.1. The van der Waals surface area contributed by atoms with E-state index in [0.717, 1.165) is 11.3 Å². The normalized spacial score (nSPS) is 10.6. The summed E-state index contributed by atoms with van der Waals surface area (Å²) in [6.45, 7) is 0. The molecule has 3 rings (SSSR count). The summed E-state index contributed by atoms with van der Waals surface area (Å²) in [4.78, 5) is 26.0. The summed E-state index contributed by atoms with van der Waals surface area (Å²) in [5, 5.41) is 7.05. The highest BCUT2D eigenvalue weighted by molar-refractivity contribution is 6.08. The fraction of sp³-hybridized carbons (Fsp3) is 0.0870. The molecule has 6 heteroatoms. The number of nitrogens with zero attached hydrogens (tertiary/aromatic N) is 2. The molecule has 0 aliphatic heterocycles. The second-order valence-corrected chi connectivity index (χ2v) is 6.56. The fourth-order valence-corrected chi connectivity index (χ4v) is 2.71. The minimum Gasteiger partial charge on any atom is -0.378 e. The molecule has 2 N–H and O–H groups in total. The van der Waals surface area contributed by atoms with Crippen LogP contribution in [-0.4, -0.2) is 32.5 Å².